The van der Waals surface area contributed by atoms with Crippen LogP contribution in [0.4, 0.5) is 5.69 Å². The van der Waals surface area contributed by atoms with Crippen LogP contribution in [-0.2, 0) is 6.42 Å². The van der Waals surface area contributed by atoms with E-state index in [1.807, 2.05) is 91.9 Å². The predicted octanol–water partition coefficient (Wildman–Crippen LogP) is 7.13. The van der Waals surface area contributed by atoms with Gasteiger partial charge >= 0.3 is 0 Å². The van der Waals surface area contributed by atoms with Crippen LogP contribution in [-0.4, -0.2) is 17.5 Å². The molecule has 0 saturated carbocycles. The SMILES string of the molecule is Cc1c(C(=O)Nc2cccc3ccccc23)oc2c1/C(=N/NC(=O)c1ccc(-c3ccccc3)cc1)CCC2. The van der Waals surface area contributed by atoms with Crippen molar-refractivity contribution in [3.05, 3.63) is 125 Å². The summed E-state index contributed by atoms with van der Waals surface area (Å²) < 4.78 is 6.05. The Bertz CT molecular complexity index is 1710. The molecule has 6 nitrogen and oxygen atoms in total. The number of hydrogen-bond donors (Lipinski definition) is 2. The van der Waals surface area contributed by atoms with E-state index in [4.69, 9.17) is 4.42 Å². The Balaban J connectivity index is 1.21. The zero-order chi connectivity index (χ0) is 26.8. The molecule has 0 saturated heterocycles. The van der Waals surface area contributed by atoms with Crippen LogP contribution in [0.25, 0.3) is 21.9 Å². The lowest BCUT2D eigenvalue weighted by atomic mass is 9.93. The highest BCUT2D eigenvalue weighted by atomic mass is 16.4. The average Bonchev–Trinajstić information content (AvgIpc) is 3.33. The Labute approximate surface area is 226 Å². The molecule has 6 heteroatoms. The van der Waals surface area contributed by atoms with Crippen LogP contribution >= 0.6 is 0 Å². The fourth-order valence-electron chi connectivity index (χ4n) is 5.14. The van der Waals surface area contributed by atoms with Gasteiger partial charge < -0.3 is 9.73 Å². The molecule has 0 spiro atoms. The lowest BCUT2D eigenvalue weighted by Gasteiger charge is -2.13. The summed E-state index contributed by atoms with van der Waals surface area (Å²) in [6, 6.07) is 31.2. The molecule has 1 aliphatic carbocycles. The fraction of sp³-hybridized carbons (Fsp3) is 0.121. The van der Waals surface area contributed by atoms with Crippen LogP contribution in [0.1, 0.15) is 50.6 Å². The number of benzene rings is 4. The molecule has 6 rings (SSSR count). The van der Waals surface area contributed by atoms with Crippen LogP contribution in [0.5, 0.6) is 0 Å². The summed E-state index contributed by atoms with van der Waals surface area (Å²) in [5, 5.41) is 9.49. The van der Waals surface area contributed by atoms with Crippen LogP contribution in [0.15, 0.2) is 107 Å². The van der Waals surface area contributed by atoms with Crippen molar-refractivity contribution in [2.45, 2.75) is 26.2 Å². The Morgan fingerprint density at radius 3 is 2.31 bits per heavy atom. The minimum absolute atomic E-state index is 0.269. The Morgan fingerprint density at radius 2 is 1.49 bits per heavy atom. The first-order chi connectivity index (χ1) is 19.1. The second-order valence-electron chi connectivity index (χ2n) is 9.63. The lowest BCUT2D eigenvalue weighted by Crippen LogP contribution is -2.22. The summed E-state index contributed by atoms with van der Waals surface area (Å²) in [5.41, 5.74) is 8.34. The molecule has 5 aromatic rings. The third-order valence-corrected chi connectivity index (χ3v) is 7.12. The maximum absolute atomic E-state index is 13.3. The van der Waals surface area contributed by atoms with E-state index in [0.717, 1.165) is 56.6 Å². The first-order valence-electron chi connectivity index (χ1n) is 13.0. The number of nitrogens with zero attached hydrogens (tertiary/aromatic N) is 1. The summed E-state index contributed by atoms with van der Waals surface area (Å²) in [7, 11) is 0. The van der Waals surface area contributed by atoms with Crippen LogP contribution in [0.2, 0.25) is 0 Å². The van der Waals surface area contributed by atoms with Gasteiger partial charge in [0.25, 0.3) is 11.8 Å². The maximum atomic E-state index is 13.3. The van der Waals surface area contributed by atoms with Crippen molar-refractivity contribution in [3.63, 3.8) is 0 Å². The van der Waals surface area contributed by atoms with E-state index in [0.29, 0.717) is 18.4 Å². The number of rotatable bonds is 5. The number of furan rings is 1. The van der Waals surface area contributed by atoms with Gasteiger partial charge in [0.1, 0.15) is 5.76 Å². The van der Waals surface area contributed by atoms with Gasteiger partial charge in [-0.25, -0.2) is 5.43 Å². The Hall–Kier alpha value is -4.97. The minimum atomic E-state index is -0.305. The Morgan fingerprint density at radius 1 is 0.769 bits per heavy atom. The van der Waals surface area contributed by atoms with E-state index in [1.54, 1.807) is 12.1 Å². The molecule has 0 unspecified atom stereocenters. The number of amides is 2. The van der Waals surface area contributed by atoms with Crippen molar-refractivity contribution in [1.29, 1.82) is 0 Å². The first-order valence-corrected chi connectivity index (χ1v) is 13.0. The minimum Gasteiger partial charge on any atom is -0.455 e. The zero-order valence-corrected chi connectivity index (χ0v) is 21.5. The topological polar surface area (TPSA) is 83.7 Å². The molecule has 1 aromatic heterocycles. The van der Waals surface area contributed by atoms with Crippen molar-refractivity contribution in [2.75, 3.05) is 5.32 Å². The van der Waals surface area contributed by atoms with E-state index in [-0.39, 0.29) is 17.6 Å². The second-order valence-corrected chi connectivity index (χ2v) is 9.63. The van der Waals surface area contributed by atoms with Gasteiger partial charge in [-0.1, -0.05) is 78.9 Å². The molecule has 39 heavy (non-hydrogen) atoms. The van der Waals surface area contributed by atoms with Gasteiger partial charge in [0, 0.05) is 34.2 Å². The average molecular weight is 514 g/mol. The molecular weight excluding hydrogens is 486 g/mol. The van der Waals surface area contributed by atoms with Gasteiger partial charge in [0.2, 0.25) is 0 Å². The molecule has 0 aliphatic heterocycles. The summed E-state index contributed by atoms with van der Waals surface area (Å²) >= 11 is 0. The summed E-state index contributed by atoms with van der Waals surface area (Å²) in [6.07, 6.45) is 2.22. The van der Waals surface area contributed by atoms with Crippen LogP contribution in [0, 0.1) is 6.92 Å². The number of anilines is 1. The highest BCUT2D eigenvalue weighted by Gasteiger charge is 2.28. The monoisotopic (exact) mass is 513 g/mol. The van der Waals surface area contributed by atoms with E-state index in [1.165, 1.54) is 0 Å². The third-order valence-electron chi connectivity index (χ3n) is 7.12. The summed E-state index contributed by atoms with van der Waals surface area (Å²) in [5.74, 6) is 0.400. The van der Waals surface area contributed by atoms with Gasteiger partial charge in [-0.3, -0.25) is 9.59 Å². The van der Waals surface area contributed by atoms with E-state index >= 15 is 0 Å². The maximum Gasteiger partial charge on any atom is 0.291 e. The van der Waals surface area contributed by atoms with Crippen molar-refractivity contribution >= 4 is 34.0 Å². The molecule has 0 atom stereocenters. The number of fused-ring (bicyclic) bond motifs is 2. The summed E-state index contributed by atoms with van der Waals surface area (Å²) in [4.78, 5) is 26.1. The number of carbonyl (C=O) groups excluding carboxylic acids is 2. The van der Waals surface area contributed by atoms with Gasteiger partial charge in [0.05, 0.1) is 5.71 Å². The van der Waals surface area contributed by atoms with Crippen LogP contribution < -0.4 is 10.7 Å². The molecular formula is C33H27N3O3. The number of nitrogens with one attached hydrogen (secondary N) is 2. The van der Waals surface area contributed by atoms with Gasteiger partial charge in [-0.2, -0.15) is 5.10 Å². The molecule has 4 aromatic carbocycles. The normalized spacial score (nSPS) is 13.7. The number of carbonyl (C=O) groups is 2. The predicted molar refractivity (Wildman–Crippen MR) is 154 cm³/mol. The molecule has 2 N–H and O–H groups in total. The number of hydrogen-bond acceptors (Lipinski definition) is 4. The van der Waals surface area contributed by atoms with E-state index in [2.05, 4.69) is 15.8 Å². The first kappa shape index (κ1) is 24.4. The number of hydrazone groups is 1. The lowest BCUT2D eigenvalue weighted by molar-refractivity contribution is 0.0953. The van der Waals surface area contributed by atoms with Crippen molar-refractivity contribution in [2.24, 2.45) is 5.10 Å². The standard InChI is InChI=1S/C33H27N3O3/c1-21-30-28(35-36-32(37)25-19-17-23(18-20-25)22-9-3-2-4-10-22)15-8-16-29(30)39-31(21)33(38)34-27-14-7-12-24-11-5-6-13-26(24)27/h2-7,9-14,17-20H,8,15-16H2,1H3,(H,34,38)(H,36,37)/b35-28+. The molecule has 0 fully saturated rings. The molecule has 2 amide bonds. The van der Waals surface area contributed by atoms with Crippen LogP contribution in [0.3, 0.4) is 0 Å². The van der Waals surface area contributed by atoms with E-state index in [9.17, 15) is 9.59 Å². The van der Waals surface area contributed by atoms with Crippen molar-refractivity contribution in [3.8, 4) is 11.1 Å². The van der Waals surface area contributed by atoms with E-state index < -0.39 is 0 Å². The molecule has 0 bridgehead atoms. The quantitative estimate of drug-likeness (QED) is 0.245. The summed E-state index contributed by atoms with van der Waals surface area (Å²) in [6.45, 7) is 1.87. The smallest absolute Gasteiger partial charge is 0.291 e. The zero-order valence-electron chi connectivity index (χ0n) is 21.5. The molecule has 0 radical (unpaired) electrons. The largest absolute Gasteiger partial charge is 0.455 e. The van der Waals surface area contributed by atoms with Crippen molar-refractivity contribution < 1.29 is 14.0 Å². The van der Waals surface area contributed by atoms with Gasteiger partial charge in [0.15, 0.2) is 5.76 Å². The fourth-order valence-corrected chi connectivity index (χ4v) is 5.14. The molecule has 1 heterocycles. The molecule has 192 valence electrons. The highest BCUT2D eigenvalue weighted by molar-refractivity contribution is 6.11. The van der Waals surface area contributed by atoms with Crippen molar-refractivity contribution in [1.82, 2.24) is 5.43 Å². The third kappa shape index (κ3) is 4.84. The van der Waals surface area contributed by atoms with Gasteiger partial charge in [-0.15, -0.1) is 0 Å². The highest BCUT2D eigenvalue weighted by Crippen LogP contribution is 2.31. The van der Waals surface area contributed by atoms with Gasteiger partial charge in [-0.05, 0) is 54.5 Å². The Kier molecular flexibility index (Phi) is 6.51. The second kappa shape index (κ2) is 10.4. The molecule has 1 aliphatic rings. The number of aryl methyl sites for hydroxylation is 1.